The number of rotatable bonds is 5. The van der Waals surface area contributed by atoms with Gasteiger partial charge < -0.3 is 15.0 Å². The highest BCUT2D eigenvalue weighted by Crippen LogP contribution is 2.22. The van der Waals surface area contributed by atoms with Crippen LogP contribution in [0, 0.1) is 5.82 Å². The van der Waals surface area contributed by atoms with Crippen LogP contribution in [0.25, 0.3) is 0 Å². The maximum absolute atomic E-state index is 13.1. The monoisotopic (exact) mass is 358 g/mol. The Balaban J connectivity index is 1.74. The van der Waals surface area contributed by atoms with E-state index in [2.05, 4.69) is 15.3 Å². The number of nitrogens with zero attached hydrogens (tertiary/aromatic N) is 3. The first-order valence-electron chi connectivity index (χ1n) is 8.71. The van der Waals surface area contributed by atoms with Gasteiger partial charge in [0, 0.05) is 43.8 Å². The summed E-state index contributed by atoms with van der Waals surface area (Å²) in [5.41, 5.74) is 2.50. The van der Waals surface area contributed by atoms with Crippen LogP contribution in [0.5, 0.6) is 0 Å². The van der Waals surface area contributed by atoms with Crippen LogP contribution >= 0.6 is 0 Å². The largest absolute Gasteiger partial charge is 0.383 e. The van der Waals surface area contributed by atoms with Crippen molar-refractivity contribution in [2.75, 3.05) is 32.1 Å². The van der Waals surface area contributed by atoms with Crippen molar-refractivity contribution >= 4 is 11.7 Å². The summed E-state index contributed by atoms with van der Waals surface area (Å²) in [4.78, 5) is 23.3. The molecule has 3 rings (SSSR count). The number of benzene rings is 1. The molecule has 1 aromatic heterocycles. The zero-order valence-electron chi connectivity index (χ0n) is 15.0. The van der Waals surface area contributed by atoms with Crippen LogP contribution in [0.2, 0.25) is 0 Å². The van der Waals surface area contributed by atoms with Gasteiger partial charge in [-0.15, -0.1) is 0 Å². The molecular weight excluding hydrogens is 335 g/mol. The fraction of sp³-hybridized carbons (Fsp3) is 0.421. The van der Waals surface area contributed by atoms with E-state index in [1.807, 2.05) is 6.92 Å². The van der Waals surface area contributed by atoms with Crippen molar-refractivity contribution in [2.45, 2.75) is 25.8 Å². The molecule has 0 unspecified atom stereocenters. The van der Waals surface area contributed by atoms with E-state index in [1.54, 1.807) is 18.3 Å². The molecule has 1 N–H and O–H groups in total. The van der Waals surface area contributed by atoms with Crippen LogP contribution < -0.4 is 5.32 Å². The third-order valence-electron chi connectivity index (χ3n) is 4.46. The van der Waals surface area contributed by atoms with Crippen molar-refractivity contribution in [3.05, 3.63) is 53.2 Å². The Kier molecular flexibility index (Phi) is 5.78. The van der Waals surface area contributed by atoms with Crippen LogP contribution in [0.1, 0.15) is 28.5 Å². The SMILES string of the molecule is COC[C@@H](C)Nc1ncnc2c1CCN(C(=O)c1ccc(F)cc1)CC2. The van der Waals surface area contributed by atoms with Gasteiger partial charge in [0.25, 0.3) is 5.91 Å². The molecule has 138 valence electrons. The summed E-state index contributed by atoms with van der Waals surface area (Å²) in [6.45, 7) is 3.75. The predicted octanol–water partition coefficient (Wildman–Crippen LogP) is 2.30. The molecule has 1 aliphatic heterocycles. The van der Waals surface area contributed by atoms with Gasteiger partial charge in [-0.25, -0.2) is 14.4 Å². The molecule has 2 heterocycles. The van der Waals surface area contributed by atoms with E-state index >= 15 is 0 Å². The summed E-state index contributed by atoms with van der Waals surface area (Å²) in [5, 5.41) is 3.36. The summed E-state index contributed by atoms with van der Waals surface area (Å²) in [6.07, 6.45) is 2.89. The number of halogens is 1. The highest BCUT2D eigenvalue weighted by molar-refractivity contribution is 5.94. The average Bonchev–Trinajstić information content (AvgIpc) is 2.85. The molecule has 1 amide bonds. The van der Waals surface area contributed by atoms with E-state index in [4.69, 9.17) is 4.74 Å². The molecule has 0 spiro atoms. The van der Waals surface area contributed by atoms with Gasteiger partial charge in [0.1, 0.15) is 18.0 Å². The molecule has 7 heteroatoms. The van der Waals surface area contributed by atoms with Crippen molar-refractivity contribution in [1.82, 2.24) is 14.9 Å². The molecule has 26 heavy (non-hydrogen) atoms. The van der Waals surface area contributed by atoms with Gasteiger partial charge in [-0.05, 0) is 37.6 Å². The van der Waals surface area contributed by atoms with Crippen molar-refractivity contribution in [2.24, 2.45) is 0 Å². The number of carbonyl (C=O) groups excluding carboxylic acids is 1. The Labute approximate surface area is 152 Å². The van der Waals surface area contributed by atoms with Gasteiger partial charge in [-0.3, -0.25) is 4.79 Å². The van der Waals surface area contributed by atoms with Crippen LogP contribution in [-0.4, -0.2) is 53.6 Å². The van der Waals surface area contributed by atoms with E-state index in [1.165, 1.54) is 24.3 Å². The van der Waals surface area contributed by atoms with E-state index in [0.29, 0.717) is 38.1 Å². The fourth-order valence-electron chi connectivity index (χ4n) is 3.15. The number of methoxy groups -OCH3 is 1. The number of anilines is 1. The van der Waals surface area contributed by atoms with E-state index < -0.39 is 0 Å². The van der Waals surface area contributed by atoms with E-state index in [-0.39, 0.29) is 17.8 Å². The molecule has 0 saturated carbocycles. The maximum Gasteiger partial charge on any atom is 0.253 e. The van der Waals surface area contributed by atoms with Gasteiger partial charge in [0.2, 0.25) is 0 Å². The van der Waals surface area contributed by atoms with Gasteiger partial charge in [-0.1, -0.05) is 0 Å². The van der Waals surface area contributed by atoms with Crippen LogP contribution in [0.4, 0.5) is 10.2 Å². The number of fused-ring (bicyclic) bond motifs is 1. The van der Waals surface area contributed by atoms with Crippen molar-refractivity contribution in [1.29, 1.82) is 0 Å². The highest BCUT2D eigenvalue weighted by atomic mass is 19.1. The van der Waals surface area contributed by atoms with Crippen LogP contribution in [0.15, 0.2) is 30.6 Å². The molecule has 2 aromatic rings. The van der Waals surface area contributed by atoms with E-state index in [9.17, 15) is 9.18 Å². The summed E-state index contributed by atoms with van der Waals surface area (Å²) >= 11 is 0. The number of aromatic nitrogens is 2. The Morgan fingerprint density at radius 2 is 2.00 bits per heavy atom. The third kappa shape index (κ3) is 4.16. The summed E-state index contributed by atoms with van der Waals surface area (Å²) in [6, 6.07) is 5.79. The topological polar surface area (TPSA) is 67.3 Å². The van der Waals surface area contributed by atoms with Gasteiger partial charge in [0.05, 0.1) is 12.3 Å². The van der Waals surface area contributed by atoms with Crippen LogP contribution in [0.3, 0.4) is 0 Å². The normalized spacial score (nSPS) is 15.1. The quantitative estimate of drug-likeness (QED) is 0.888. The third-order valence-corrected chi connectivity index (χ3v) is 4.46. The number of ether oxygens (including phenoxy) is 1. The lowest BCUT2D eigenvalue weighted by molar-refractivity contribution is 0.0763. The number of amides is 1. The average molecular weight is 358 g/mol. The molecule has 1 aromatic carbocycles. The molecule has 0 radical (unpaired) electrons. The molecule has 0 aliphatic carbocycles. The summed E-state index contributed by atoms with van der Waals surface area (Å²) < 4.78 is 18.2. The molecule has 1 atom stereocenters. The minimum Gasteiger partial charge on any atom is -0.383 e. The lowest BCUT2D eigenvalue weighted by Crippen LogP contribution is -2.33. The number of hydrogen-bond acceptors (Lipinski definition) is 5. The summed E-state index contributed by atoms with van der Waals surface area (Å²) in [5.74, 6) is 0.365. The standard InChI is InChI=1S/C19H23FN4O2/c1-13(11-26-2)23-18-16-7-9-24(10-8-17(16)21-12-22-18)19(25)14-3-5-15(20)6-4-14/h3-6,12-13H,7-11H2,1-2H3,(H,21,22,23)/t13-/m1/s1. The zero-order valence-corrected chi connectivity index (χ0v) is 15.0. The maximum atomic E-state index is 13.1. The minimum atomic E-state index is -0.346. The second kappa shape index (κ2) is 8.23. The molecular formula is C19H23FN4O2. The van der Waals surface area contributed by atoms with Gasteiger partial charge in [-0.2, -0.15) is 0 Å². The van der Waals surface area contributed by atoms with Gasteiger partial charge in [0.15, 0.2) is 0 Å². The number of carbonyl (C=O) groups is 1. The Morgan fingerprint density at radius 3 is 2.73 bits per heavy atom. The molecule has 0 saturated heterocycles. The van der Waals surface area contributed by atoms with Gasteiger partial charge >= 0.3 is 0 Å². The molecule has 0 bridgehead atoms. The second-order valence-corrected chi connectivity index (χ2v) is 6.45. The Hall–Kier alpha value is -2.54. The smallest absolute Gasteiger partial charge is 0.253 e. The first kappa shape index (κ1) is 18.3. The molecule has 1 aliphatic rings. The fourth-order valence-corrected chi connectivity index (χ4v) is 3.15. The van der Waals surface area contributed by atoms with Crippen molar-refractivity contribution in [3.63, 3.8) is 0 Å². The number of nitrogens with one attached hydrogen (secondary N) is 1. The Bertz CT molecular complexity index is 767. The van der Waals surface area contributed by atoms with Crippen LogP contribution in [-0.2, 0) is 17.6 Å². The molecule has 6 nitrogen and oxygen atoms in total. The summed E-state index contributed by atoms with van der Waals surface area (Å²) in [7, 11) is 1.66. The zero-order chi connectivity index (χ0) is 18.5. The molecule has 0 fully saturated rings. The highest BCUT2D eigenvalue weighted by Gasteiger charge is 2.23. The predicted molar refractivity (Wildman–Crippen MR) is 96.7 cm³/mol. The minimum absolute atomic E-state index is 0.0898. The van der Waals surface area contributed by atoms with E-state index in [0.717, 1.165) is 17.1 Å². The first-order chi connectivity index (χ1) is 12.6. The lowest BCUT2D eigenvalue weighted by atomic mass is 10.1. The lowest BCUT2D eigenvalue weighted by Gasteiger charge is -2.20. The Morgan fingerprint density at radius 1 is 1.27 bits per heavy atom. The number of hydrogen-bond donors (Lipinski definition) is 1. The second-order valence-electron chi connectivity index (χ2n) is 6.45. The van der Waals surface area contributed by atoms with Crippen molar-refractivity contribution < 1.29 is 13.9 Å². The van der Waals surface area contributed by atoms with Crippen molar-refractivity contribution in [3.8, 4) is 0 Å². The first-order valence-corrected chi connectivity index (χ1v) is 8.71.